The first-order chi connectivity index (χ1) is 18.2. The number of allylic oxidation sites excluding steroid dienone is 1. The molecule has 0 amide bonds. The second-order valence-corrected chi connectivity index (χ2v) is 8.60. The Morgan fingerprint density at radius 1 is 0.568 bits per heavy atom. The lowest BCUT2D eigenvalue weighted by Gasteiger charge is -2.08. The molecule has 3 nitrogen and oxygen atoms in total. The Morgan fingerprint density at radius 3 is 1.54 bits per heavy atom. The van der Waals surface area contributed by atoms with E-state index in [-0.39, 0.29) is 0 Å². The summed E-state index contributed by atoms with van der Waals surface area (Å²) in [7, 11) is 0. The molecule has 1 aromatic heterocycles. The van der Waals surface area contributed by atoms with Gasteiger partial charge in [0.2, 0.25) is 0 Å². The standard InChI is InChI=1S/C17H11N.C14H11N.C3H4O/c1-2-7-14-12(6-1)13-8-3-4-9-15(13)17-16(14)10-5-11-18-17;15-14-9-10-5-1-2-6-11(10)12-7-3-4-8-13(12)14;1-2-3-4/h1-11H;1-9H,15H2;2-3H,1H2. The number of hydrogen-bond acceptors (Lipinski definition) is 3. The van der Waals surface area contributed by atoms with Gasteiger partial charge in [0.25, 0.3) is 0 Å². The maximum Gasteiger partial charge on any atom is 0.142 e. The second-order valence-electron chi connectivity index (χ2n) is 8.60. The number of nitrogens with zero attached hydrogens (tertiary/aromatic N) is 1. The molecular formula is C34H26N2O. The summed E-state index contributed by atoms with van der Waals surface area (Å²) in [5, 5.41) is 11.1. The van der Waals surface area contributed by atoms with Gasteiger partial charge in [-0.05, 0) is 50.5 Å². The number of benzene rings is 6. The van der Waals surface area contributed by atoms with Crippen molar-refractivity contribution in [2.75, 3.05) is 5.73 Å². The number of anilines is 1. The third kappa shape index (κ3) is 4.63. The molecule has 3 heteroatoms. The molecule has 0 saturated carbocycles. The van der Waals surface area contributed by atoms with E-state index >= 15 is 0 Å². The molecule has 7 aromatic rings. The molecule has 0 aliphatic carbocycles. The van der Waals surface area contributed by atoms with Crippen molar-refractivity contribution >= 4 is 66.0 Å². The third-order valence-corrected chi connectivity index (χ3v) is 6.39. The maximum absolute atomic E-state index is 9.06. The number of carbonyl (C=O) groups excluding carboxylic acids is 1. The van der Waals surface area contributed by atoms with Crippen molar-refractivity contribution in [2.45, 2.75) is 0 Å². The van der Waals surface area contributed by atoms with E-state index < -0.39 is 0 Å². The van der Waals surface area contributed by atoms with E-state index in [0.29, 0.717) is 6.29 Å². The quantitative estimate of drug-likeness (QED) is 0.111. The van der Waals surface area contributed by atoms with E-state index in [2.05, 4.69) is 96.5 Å². The van der Waals surface area contributed by atoms with E-state index in [9.17, 15) is 0 Å². The van der Waals surface area contributed by atoms with Crippen LogP contribution >= 0.6 is 0 Å². The molecule has 0 aliphatic rings. The molecule has 7 rings (SSSR count). The SMILES string of the molecule is C=CC=O.Nc1cc2ccccc2c2ccccc12.c1ccc2c(c1)c1ccccc1c1ncccc21. The highest BCUT2D eigenvalue weighted by molar-refractivity contribution is 6.24. The summed E-state index contributed by atoms with van der Waals surface area (Å²) in [6.45, 7) is 3.11. The molecule has 0 unspecified atom stereocenters. The van der Waals surface area contributed by atoms with Crippen LogP contribution in [0.5, 0.6) is 0 Å². The fraction of sp³-hybridized carbons (Fsp3) is 0. The van der Waals surface area contributed by atoms with Gasteiger partial charge in [-0.2, -0.15) is 0 Å². The van der Waals surface area contributed by atoms with Crippen LogP contribution in [-0.4, -0.2) is 11.3 Å². The van der Waals surface area contributed by atoms with Crippen LogP contribution in [0, 0.1) is 0 Å². The first-order valence-electron chi connectivity index (χ1n) is 12.1. The molecule has 6 aromatic carbocycles. The molecule has 1 heterocycles. The number of carbonyl (C=O) groups is 1. The Bertz CT molecular complexity index is 1660. The van der Waals surface area contributed by atoms with E-state index in [1.54, 1.807) is 0 Å². The molecule has 37 heavy (non-hydrogen) atoms. The lowest BCUT2D eigenvalue weighted by Crippen LogP contribution is -1.87. The summed E-state index contributed by atoms with van der Waals surface area (Å²) < 4.78 is 0. The smallest absolute Gasteiger partial charge is 0.142 e. The van der Waals surface area contributed by atoms with Crippen molar-refractivity contribution in [3.63, 3.8) is 0 Å². The lowest BCUT2D eigenvalue weighted by atomic mass is 9.97. The highest BCUT2D eigenvalue weighted by Crippen LogP contribution is 2.33. The number of nitrogens with two attached hydrogens (primary N) is 1. The van der Waals surface area contributed by atoms with Gasteiger partial charge in [-0.3, -0.25) is 9.78 Å². The van der Waals surface area contributed by atoms with Gasteiger partial charge in [0.05, 0.1) is 5.52 Å². The average Bonchev–Trinajstić information content (AvgIpc) is 2.98. The van der Waals surface area contributed by atoms with Crippen molar-refractivity contribution in [3.05, 3.63) is 134 Å². The van der Waals surface area contributed by atoms with Crippen molar-refractivity contribution in [1.82, 2.24) is 4.98 Å². The molecule has 178 valence electrons. The lowest BCUT2D eigenvalue weighted by molar-refractivity contribution is -0.104. The van der Waals surface area contributed by atoms with Gasteiger partial charge < -0.3 is 5.73 Å². The van der Waals surface area contributed by atoms with Crippen molar-refractivity contribution < 1.29 is 4.79 Å². The zero-order chi connectivity index (χ0) is 25.6. The van der Waals surface area contributed by atoms with E-state index in [0.717, 1.165) is 16.6 Å². The number of pyridine rings is 1. The molecule has 0 spiro atoms. The number of rotatable bonds is 1. The Kier molecular flexibility index (Phi) is 6.87. The molecule has 0 bridgehead atoms. The highest BCUT2D eigenvalue weighted by Gasteiger charge is 2.07. The van der Waals surface area contributed by atoms with E-state index in [4.69, 9.17) is 10.5 Å². The molecule has 0 radical (unpaired) electrons. The summed E-state index contributed by atoms with van der Waals surface area (Å²) in [5.74, 6) is 0. The molecule has 0 saturated heterocycles. The zero-order valence-corrected chi connectivity index (χ0v) is 20.3. The number of nitrogen functional groups attached to an aromatic ring is 1. The van der Waals surface area contributed by atoms with Crippen LogP contribution in [0.25, 0.3) is 54.0 Å². The van der Waals surface area contributed by atoms with Gasteiger partial charge >= 0.3 is 0 Å². The summed E-state index contributed by atoms with van der Waals surface area (Å²) in [4.78, 5) is 13.6. The fourth-order valence-corrected chi connectivity index (χ4v) is 4.80. The van der Waals surface area contributed by atoms with Gasteiger partial charge in [0.1, 0.15) is 6.29 Å². The predicted octanol–water partition coefficient (Wildman–Crippen LogP) is 8.49. The minimum Gasteiger partial charge on any atom is -0.398 e. The first kappa shape index (κ1) is 23.7. The monoisotopic (exact) mass is 478 g/mol. The van der Waals surface area contributed by atoms with Crippen molar-refractivity contribution in [3.8, 4) is 0 Å². The van der Waals surface area contributed by atoms with Crippen LogP contribution < -0.4 is 5.73 Å². The number of fused-ring (bicyclic) bond motifs is 9. The molecule has 0 fully saturated rings. The van der Waals surface area contributed by atoms with E-state index in [1.807, 2.05) is 36.5 Å². The first-order valence-corrected chi connectivity index (χ1v) is 12.1. The summed E-state index contributed by atoms with van der Waals surface area (Å²) in [6.07, 6.45) is 3.70. The third-order valence-electron chi connectivity index (χ3n) is 6.39. The topological polar surface area (TPSA) is 56.0 Å². The Morgan fingerprint density at radius 2 is 0.973 bits per heavy atom. The highest BCUT2D eigenvalue weighted by atomic mass is 16.1. The normalized spacial score (nSPS) is 10.5. The fourth-order valence-electron chi connectivity index (χ4n) is 4.80. The van der Waals surface area contributed by atoms with Gasteiger partial charge in [0.15, 0.2) is 0 Å². The minimum atomic E-state index is 0.639. The van der Waals surface area contributed by atoms with Crippen LogP contribution in [0.2, 0.25) is 0 Å². The summed E-state index contributed by atoms with van der Waals surface area (Å²) in [5.41, 5.74) is 7.96. The molecule has 2 N–H and O–H groups in total. The Hall–Kier alpha value is -5.02. The zero-order valence-electron chi connectivity index (χ0n) is 20.3. The Balaban J connectivity index is 0.000000135. The minimum absolute atomic E-state index is 0.639. The number of aldehydes is 1. The summed E-state index contributed by atoms with van der Waals surface area (Å²) in [6, 6.07) is 39.8. The van der Waals surface area contributed by atoms with Crippen LogP contribution in [0.15, 0.2) is 134 Å². The van der Waals surface area contributed by atoms with E-state index in [1.165, 1.54) is 49.2 Å². The predicted molar refractivity (Wildman–Crippen MR) is 159 cm³/mol. The molecule has 0 aliphatic heterocycles. The molecular weight excluding hydrogens is 452 g/mol. The Labute approximate surface area is 215 Å². The van der Waals surface area contributed by atoms with Crippen LogP contribution in [0.1, 0.15) is 0 Å². The van der Waals surface area contributed by atoms with Gasteiger partial charge in [-0.1, -0.05) is 110 Å². The largest absolute Gasteiger partial charge is 0.398 e. The van der Waals surface area contributed by atoms with Crippen LogP contribution in [-0.2, 0) is 4.79 Å². The van der Waals surface area contributed by atoms with Gasteiger partial charge in [-0.15, -0.1) is 0 Å². The van der Waals surface area contributed by atoms with Crippen LogP contribution in [0.4, 0.5) is 5.69 Å². The van der Waals surface area contributed by atoms with Gasteiger partial charge in [-0.25, -0.2) is 0 Å². The average molecular weight is 479 g/mol. The number of hydrogen-bond donors (Lipinski definition) is 1. The summed E-state index contributed by atoms with van der Waals surface area (Å²) >= 11 is 0. The second kappa shape index (κ2) is 10.7. The maximum atomic E-state index is 9.06. The molecule has 0 atom stereocenters. The van der Waals surface area contributed by atoms with Gasteiger partial charge in [0, 0.05) is 28.0 Å². The van der Waals surface area contributed by atoms with Crippen molar-refractivity contribution in [1.29, 1.82) is 0 Å². The number of aromatic nitrogens is 1. The van der Waals surface area contributed by atoms with Crippen LogP contribution in [0.3, 0.4) is 0 Å². The van der Waals surface area contributed by atoms with Crippen molar-refractivity contribution in [2.24, 2.45) is 0 Å².